The van der Waals surface area contributed by atoms with Crippen LogP contribution >= 0.6 is 0 Å². The summed E-state index contributed by atoms with van der Waals surface area (Å²) in [5, 5.41) is 3.77. The Kier molecular flexibility index (Phi) is 2.95. The van der Waals surface area contributed by atoms with Gasteiger partial charge < -0.3 is 9.73 Å². The number of benzene rings is 1. The van der Waals surface area contributed by atoms with Crippen molar-refractivity contribution in [2.24, 2.45) is 0 Å². The smallest absolute Gasteiger partial charge is 0.287 e. The Balaban J connectivity index is 2.32. The number of hydrogen-bond donors (Lipinski definition) is 1. The zero-order valence-electron chi connectivity index (χ0n) is 9.54. The minimum absolute atomic E-state index is 0.141. The molecule has 0 aliphatic carbocycles. The molecule has 1 aromatic heterocycles. The number of rotatable bonds is 3. The van der Waals surface area contributed by atoms with Crippen LogP contribution < -0.4 is 5.32 Å². The summed E-state index contributed by atoms with van der Waals surface area (Å²) >= 11 is 0. The van der Waals surface area contributed by atoms with Crippen LogP contribution in [0.1, 0.15) is 29.5 Å². The van der Waals surface area contributed by atoms with Crippen molar-refractivity contribution in [3.8, 4) is 0 Å². The Hall–Kier alpha value is -1.77. The van der Waals surface area contributed by atoms with Crippen LogP contribution in [0.5, 0.6) is 0 Å². The Morgan fingerprint density at radius 1 is 1.44 bits per heavy atom. The lowest BCUT2D eigenvalue weighted by Crippen LogP contribution is -2.23. The average Bonchev–Trinajstić information content (AvgIpc) is 2.71. The highest BCUT2D eigenvalue weighted by atomic mass is 16.3. The van der Waals surface area contributed by atoms with Crippen molar-refractivity contribution >= 4 is 16.9 Å². The minimum atomic E-state index is -0.141. The molecule has 1 amide bonds. The van der Waals surface area contributed by atoms with E-state index >= 15 is 0 Å². The Labute approximate surface area is 94.4 Å². The third-order valence-corrected chi connectivity index (χ3v) is 2.50. The highest BCUT2D eigenvalue weighted by molar-refractivity contribution is 5.96. The first-order valence-corrected chi connectivity index (χ1v) is 5.49. The standard InChI is InChI=1S/C13H15NO2/c1-3-7-14-13(15)11-8-10-6-4-5-9(2)12(10)16-11/h4-6,8H,3,7H2,1-2H3,(H,14,15). The van der Waals surface area contributed by atoms with Crippen LogP contribution in [-0.4, -0.2) is 12.5 Å². The van der Waals surface area contributed by atoms with Crippen LogP contribution in [0.4, 0.5) is 0 Å². The lowest BCUT2D eigenvalue weighted by molar-refractivity contribution is 0.0928. The molecule has 0 atom stereocenters. The van der Waals surface area contributed by atoms with E-state index in [2.05, 4.69) is 5.32 Å². The normalized spacial score (nSPS) is 10.6. The summed E-state index contributed by atoms with van der Waals surface area (Å²) in [6.07, 6.45) is 0.922. The van der Waals surface area contributed by atoms with Crippen molar-refractivity contribution in [1.29, 1.82) is 0 Å². The van der Waals surface area contributed by atoms with Crippen LogP contribution in [0.25, 0.3) is 11.0 Å². The van der Waals surface area contributed by atoms with E-state index in [9.17, 15) is 4.79 Å². The van der Waals surface area contributed by atoms with Gasteiger partial charge in [0.05, 0.1) is 0 Å². The molecule has 1 aromatic carbocycles. The molecule has 0 unspecified atom stereocenters. The average molecular weight is 217 g/mol. The van der Waals surface area contributed by atoms with Gasteiger partial charge in [-0.1, -0.05) is 25.1 Å². The topological polar surface area (TPSA) is 42.2 Å². The summed E-state index contributed by atoms with van der Waals surface area (Å²) in [5.41, 5.74) is 1.84. The predicted molar refractivity (Wildman–Crippen MR) is 63.6 cm³/mol. The molecule has 2 rings (SSSR count). The SMILES string of the molecule is CCCNC(=O)c1cc2cccc(C)c2o1. The Bertz CT molecular complexity index is 514. The van der Waals surface area contributed by atoms with E-state index in [0.717, 1.165) is 23.0 Å². The summed E-state index contributed by atoms with van der Waals surface area (Å²) in [7, 11) is 0. The molecule has 0 saturated carbocycles. The van der Waals surface area contributed by atoms with Crippen LogP contribution in [0.15, 0.2) is 28.7 Å². The van der Waals surface area contributed by atoms with Crippen molar-refractivity contribution in [3.63, 3.8) is 0 Å². The first-order valence-electron chi connectivity index (χ1n) is 5.49. The van der Waals surface area contributed by atoms with E-state index in [1.807, 2.05) is 32.0 Å². The number of aryl methyl sites for hydroxylation is 1. The highest BCUT2D eigenvalue weighted by Crippen LogP contribution is 2.22. The first kappa shape index (κ1) is 10.7. The van der Waals surface area contributed by atoms with Crippen molar-refractivity contribution in [2.45, 2.75) is 20.3 Å². The number of fused-ring (bicyclic) bond motifs is 1. The van der Waals surface area contributed by atoms with Gasteiger partial charge in [-0.15, -0.1) is 0 Å². The van der Waals surface area contributed by atoms with E-state index in [0.29, 0.717) is 12.3 Å². The molecule has 0 aliphatic rings. The lowest BCUT2D eigenvalue weighted by atomic mass is 10.2. The fourth-order valence-electron chi connectivity index (χ4n) is 1.65. The maximum Gasteiger partial charge on any atom is 0.287 e. The summed E-state index contributed by atoms with van der Waals surface area (Å²) in [6.45, 7) is 4.66. The maximum absolute atomic E-state index is 11.7. The third kappa shape index (κ3) is 1.94. The van der Waals surface area contributed by atoms with Crippen molar-refractivity contribution < 1.29 is 9.21 Å². The maximum atomic E-state index is 11.7. The zero-order valence-corrected chi connectivity index (χ0v) is 9.54. The fraction of sp³-hybridized carbons (Fsp3) is 0.308. The van der Waals surface area contributed by atoms with E-state index in [-0.39, 0.29) is 5.91 Å². The molecule has 2 aromatic rings. The highest BCUT2D eigenvalue weighted by Gasteiger charge is 2.12. The third-order valence-electron chi connectivity index (χ3n) is 2.50. The second kappa shape index (κ2) is 4.39. The van der Waals surface area contributed by atoms with Gasteiger partial charge in [0.25, 0.3) is 5.91 Å². The minimum Gasteiger partial charge on any atom is -0.451 e. The van der Waals surface area contributed by atoms with Crippen molar-refractivity contribution in [1.82, 2.24) is 5.32 Å². The number of para-hydroxylation sites is 1. The number of hydrogen-bond acceptors (Lipinski definition) is 2. The quantitative estimate of drug-likeness (QED) is 0.859. The molecule has 1 heterocycles. The largest absolute Gasteiger partial charge is 0.451 e. The summed E-state index contributed by atoms with van der Waals surface area (Å²) in [4.78, 5) is 11.7. The second-order valence-electron chi connectivity index (χ2n) is 3.86. The molecule has 3 heteroatoms. The van der Waals surface area contributed by atoms with Gasteiger partial charge in [0.1, 0.15) is 5.58 Å². The van der Waals surface area contributed by atoms with Crippen LogP contribution in [0, 0.1) is 6.92 Å². The molecule has 3 nitrogen and oxygen atoms in total. The van der Waals surface area contributed by atoms with E-state index < -0.39 is 0 Å². The number of carbonyl (C=O) groups is 1. The molecule has 16 heavy (non-hydrogen) atoms. The number of carbonyl (C=O) groups excluding carboxylic acids is 1. The first-order chi connectivity index (χ1) is 7.72. The van der Waals surface area contributed by atoms with Gasteiger partial charge in [-0.05, 0) is 25.0 Å². The predicted octanol–water partition coefficient (Wildman–Crippen LogP) is 2.88. The molecule has 0 spiro atoms. The van der Waals surface area contributed by atoms with Crippen molar-refractivity contribution in [3.05, 3.63) is 35.6 Å². The van der Waals surface area contributed by atoms with Crippen LogP contribution in [-0.2, 0) is 0 Å². The van der Waals surface area contributed by atoms with Gasteiger partial charge in [0.2, 0.25) is 0 Å². The molecular formula is C13H15NO2. The summed E-state index contributed by atoms with van der Waals surface area (Å²) in [5.74, 6) is 0.246. The van der Waals surface area contributed by atoms with Gasteiger partial charge in [0.15, 0.2) is 5.76 Å². The van der Waals surface area contributed by atoms with Crippen LogP contribution in [0.3, 0.4) is 0 Å². The number of amides is 1. The lowest BCUT2D eigenvalue weighted by Gasteiger charge is -1.98. The van der Waals surface area contributed by atoms with Gasteiger partial charge >= 0.3 is 0 Å². The van der Waals surface area contributed by atoms with Gasteiger partial charge in [0, 0.05) is 11.9 Å². The van der Waals surface area contributed by atoms with E-state index in [1.54, 1.807) is 6.07 Å². The molecule has 0 radical (unpaired) electrons. The van der Waals surface area contributed by atoms with E-state index in [1.165, 1.54) is 0 Å². The molecule has 84 valence electrons. The Morgan fingerprint density at radius 3 is 2.94 bits per heavy atom. The van der Waals surface area contributed by atoms with E-state index in [4.69, 9.17) is 4.42 Å². The van der Waals surface area contributed by atoms with Gasteiger partial charge in [-0.25, -0.2) is 0 Å². The zero-order chi connectivity index (χ0) is 11.5. The monoisotopic (exact) mass is 217 g/mol. The Morgan fingerprint density at radius 2 is 2.25 bits per heavy atom. The molecule has 0 saturated heterocycles. The molecule has 0 aliphatic heterocycles. The summed E-state index contributed by atoms with van der Waals surface area (Å²) < 4.78 is 5.55. The van der Waals surface area contributed by atoms with Crippen LogP contribution in [0.2, 0.25) is 0 Å². The van der Waals surface area contributed by atoms with Gasteiger partial charge in [-0.2, -0.15) is 0 Å². The van der Waals surface area contributed by atoms with Gasteiger partial charge in [-0.3, -0.25) is 4.79 Å². The fourth-order valence-corrected chi connectivity index (χ4v) is 1.65. The summed E-state index contributed by atoms with van der Waals surface area (Å²) in [6, 6.07) is 7.66. The molecule has 1 N–H and O–H groups in total. The molecular weight excluding hydrogens is 202 g/mol. The van der Waals surface area contributed by atoms with Crippen molar-refractivity contribution in [2.75, 3.05) is 6.54 Å². The number of furan rings is 1. The molecule has 0 fully saturated rings. The number of nitrogens with one attached hydrogen (secondary N) is 1. The second-order valence-corrected chi connectivity index (χ2v) is 3.86. The molecule has 0 bridgehead atoms.